The summed E-state index contributed by atoms with van der Waals surface area (Å²) in [5.74, 6) is 3.02. The van der Waals surface area contributed by atoms with Crippen molar-refractivity contribution in [3.8, 4) is 23.1 Å². The Hall–Kier alpha value is -4.21. The summed E-state index contributed by atoms with van der Waals surface area (Å²) in [5, 5.41) is 3.30. The lowest BCUT2D eigenvalue weighted by Crippen LogP contribution is -2.37. The highest BCUT2D eigenvalue weighted by molar-refractivity contribution is 5.36. The lowest BCUT2D eigenvalue weighted by Gasteiger charge is -2.32. The molecule has 238 valence electrons. The Bertz CT molecular complexity index is 1380. The predicted molar refractivity (Wildman–Crippen MR) is 175 cm³/mol. The number of piperidine rings is 2. The molecule has 7 rings (SSSR count). The van der Waals surface area contributed by atoms with Crippen LogP contribution in [0, 0.1) is 0 Å². The molecule has 1 unspecified atom stereocenters. The first kappa shape index (κ1) is 32.2. The van der Waals surface area contributed by atoms with Gasteiger partial charge in [0.25, 0.3) is 5.88 Å². The summed E-state index contributed by atoms with van der Waals surface area (Å²) in [6.07, 6.45) is 13.6. The van der Waals surface area contributed by atoms with E-state index >= 15 is 0 Å². The highest BCUT2D eigenvalue weighted by Crippen LogP contribution is 2.34. The summed E-state index contributed by atoms with van der Waals surface area (Å²) >= 11 is 0. The molecular formula is C36H45N5O4. The van der Waals surface area contributed by atoms with E-state index in [4.69, 9.17) is 18.9 Å². The number of fused-ring (bicyclic) bond motifs is 1. The fraction of sp³-hybridized carbons (Fsp3) is 0.417. The number of ether oxygens (including phenoxy) is 4. The van der Waals surface area contributed by atoms with Gasteiger partial charge >= 0.3 is 0 Å². The average Bonchev–Trinajstić information content (AvgIpc) is 3.12. The second kappa shape index (κ2) is 17.3. The first-order valence-electron chi connectivity index (χ1n) is 16.2. The first-order chi connectivity index (χ1) is 22.3. The molecule has 1 atom stereocenters. The highest BCUT2D eigenvalue weighted by Gasteiger charge is 2.24. The third-order valence-corrected chi connectivity index (χ3v) is 7.83. The summed E-state index contributed by atoms with van der Waals surface area (Å²) in [4.78, 5) is 14.9. The number of nitrogens with one attached hydrogen (secondary N) is 1. The van der Waals surface area contributed by atoms with Crippen LogP contribution in [-0.4, -0.2) is 64.8 Å². The molecule has 1 aromatic carbocycles. The third kappa shape index (κ3) is 9.89. The van der Waals surface area contributed by atoms with Gasteiger partial charge < -0.3 is 24.3 Å². The van der Waals surface area contributed by atoms with Crippen molar-refractivity contribution in [2.24, 2.45) is 0 Å². The van der Waals surface area contributed by atoms with E-state index in [9.17, 15) is 0 Å². The fourth-order valence-electron chi connectivity index (χ4n) is 5.49. The number of rotatable bonds is 7. The standard InChI is InChI=1S/C24H25N3O3.C10H14N2O.C2H6/c1-3-21(15-25-11-1)29-20-9-13-27(14-10-20)16-18-5-7-19(8-6-18)23-17-28-22-4-2-12-26-24(22)30-23;1-2-10(8-12-5-1)13-9-3-6-11-7-4-9;1-2/h1-8,11-12,15,20,23H,9-10,13-14,16-17H2;1-2,5,8-9,11H,3-4,6-7H2;1-2H3. The van der Waals surface area contributed by atoms with E-state index in [0.717, 1.165) is 75.5 Å². The molecule has 4 aromatic rings. The minimum absolute atomic E-state index is 0.123. The molecular weight excluding hydrogens is 566 g/mol. The molecule has 6 heterocycles. The predicted octanol–water partition coefficient (Wildman–Crippen LogP) is 6.27. The smallest absolute Gasteiger partial charge is 0.257 e. The number of nitrogens with zero attached hydrogens (tertiary/aromatic N) is 4. The molecule has 1 N–H and O–H groups in total. The summed E-state index contributed by atoms with van der Waals surface area (Å²) in [7, 11) is 0. The van der Waals surface area contributed by atoms with Crippen molar-refractivity contribution in [3.63, 3.8) is 0 Å². The molecule has 0 bridgehead atoms. The van der Waals surface area contributed by atoms with Crippen molar-refractivity contribution < 1.29 is 18.9 Å². The van der Waals surface area contributed by atoms with Crippen LogP contribution < -0.4 is 24.3 Å². The van der Waals surface area contributed by atoms with Gasteiger partial charge in [0.1, 0.15) is 30.3 Å². The molecule has 3 aliphatic heterocycles. The molecule has 9 nitrogen and oxygen atoms in total. The first-order valence-corrected chi connectivity index (χ1v) is 16.2. The molecule has 2 saturated heterocycles. The molecule has 45 heavy (non-hydrogen) atoms. The van der Waals surface area contributed by atoms with Crippen LogP contribution in [0.5, 0.6) is 23.1 Å². The third-order valence-electron chi connectivity index (χ3n) is 7.83. The average molecular weight is 612 g/mol. The van der Waals surface area contributed by atoms with Gasteiger partial charge in [0.05, 0.1) is 12.4 Å². The van der Waals surface area contributed by atoms with Crippen LogP contribution in [0.3, 0.4) is 0 Å². The zero-order valence-electron chi connectivity index (χ0n) is 26.4. The molecule has 0 aliphatic carbocycles. The number of benzene rings is 1. The van der Waals surface area contributed by atoms with Crippen molar-refractivity contribution in [3.05, 3.63) is 103 Å². The van der Waals surface area contributed by atoms with Gasteiger partial charge in [-0.1, -0.05) is 38.1 Å². The monoisotopic (exact) mass is 611 g/mol. The molecule has 3 aliphatic rings. The zero-order valence-corrected chi connectivity index (χ0v) is 26.4. The van der Waals surface area contributed by atoms with Gasteiger partial charge in [-0.3, -0.25) is 14.9 Å². The van der Waals surface area contributed by atoms with E-state index < -0.39 is 0 Å². The van der Waals surface area contributed by atoms with Crippen LogP contribution in [-0.2, 0) is 6.54 Å². The Morgan fingerprint density at radius 1 is 0.778 bits per heavy atom. The van der Waals surface area contributed by atoms with Gasteiger partial charge in [-0.05, 0) is 86.3 Å². The Labute approximate surface area is 266 Å². The lowest BCUT2D eigenvalue weighted by atomic mass is 10.0. The quantitative estimate of drug-likeness (QED) is 0.260. The number of hydrogen-bond donors (Lipinski definition) is 1. The normalized spacial score (nSPS) is 18.4. The van der Waals surface area contributed by atoms with Gasteiger partial charge in [0, 0.05) is 38.2 Å². The van der Waals surface area contributed by atoms with Crippen LogP contribution in [0.15, 0.2) is 91.6 Å². The number of likely N-dealkylation sites (tertiary alicyclic amines) is 1. The van der Waals surface area contributed by atoms with E-state index in [1.54, 1.807) is 31.0 Å². The molecule has 2 fully saturated rings. The summed E-state index contributed by atoms with van der Waals surface area (Å²) in [6, 6.07) is 20.1. The van der Waals surface area contributed by atoms with E-state index in [1.165, 1.54) is 5.56 Å². The van der Waals surface area contributed by atoms with Crippen molar-refractivity contribution in [1.82, 2.24) is 25.2 Å². The number of hydrogen-bond acceptors (Lipinski definition) is 9. The van der Waals surface area contributed by atoms with E-state index in [1.807, 2.05) is 50.2 Å². The lowest BCUT2D eigenvalue weighted by molar-refractivity contribution is 0.0850. The summed E-state index contributed by atoms with van der Waals surface area (Å²) in [6.45, 7) is 9.65. The van der Waals surface area contributed by atoms with E-state index in [2.05, 4.69) is 49.4 Å². The largest absolute Gasteiger partial charge is 0.489 e. The highest BCUT2D eigenvalue weighted by atomic mass is 16.6. The number of aromatic nitrogens is 3. The van der Waals surface area contributed by atoms with Crippen molar-refractivity contribution >= 4 is 0 Å². The fourth-order valence-corrected chi connectivity index (χ4v) is 5.49. The van der Waals surface area contributed by atoms with Gasteiger partial charge in [-0.15, -0.1) is 0 Å². The van der Waals surface area contributed by atoms with Gasteiger partial charge in [-0.25, -0.2) is 4.98 Å². The zero-order chi connectivity index (χ0) is 31.1. The number of pyridine rings is 3. The second-order valence-electron chi connectivity index (χ2n) is 11.0. The van der Waals surface area contributed by atoms with Gasteiger partial charge in [-0.2, -0.15) is 0 Å². The SMILES string of the molecule is CC.c1cncc(OC2CCN(Cc3ccc(C4COc5cccnc5O4)cc3)CC2)c1.c1cncc(OC2CCNCC2)c1. The van der Waals surface area contributed by atoms with Gasteiger partial charge in [0.15, 0.2) is 11.9 Å². The molecule has 0 amide bonds. The van der Waals surface area contributed by atoms with Crippen LogP contribution in [0.25, 0.3) is 0 Å². The van der Waals surface area contributed by atoms with Crippen LogP contribution in [0.2, 0.25) is 0 Å². The van der Waals surface area contributed by atoms with E-state index in [-0.39, 0.29) is 12.2 Å². The molecule has 0 spiro atoms. The topological polar surface area (TPSA) is 90.9 Å². The maximum Gasteiger partial charge on any atom is 0.257 e. The Kier molecular flexibility index (Phi) is 12.4. The van der Waals surface area contributed by atoms with Crippen molar-refractivity contribution in [1.29, 1.82) is 0 Å². The van der Waals surface area contributed by atoms with Crippen LogP contribution in [0.4, 0.5) is 0 Å². The maximum absolute atomic E-state index is 6.04. The van der Waals surface area contributed by atoms with Crippen molar-refractivity contribution in [2.45, 2.75) is 64.4 Å². The molecule has 9 heteroatoms. The Balaban J connectivity index is 0.000000223. The summed E-state index contributed by atoms with van der Waals surface area (Å²) in [5.41, 5.74) is 2.42. The minimum Gasteiger partial charge on any atom is -0.489 e. The van der Waals surface area contributed by atoms with E-state index in [0.29, 0.717) is 24.3 Å². The molecule has 3 aromatic heterocycles. The summed E-state index contributed by atoms with van der Waals surface area (Å²) < 4.78 is 23.6. The van der Waals surface area contributed by atoms with Crippen LogP contribution in [0.1, 0.15) is 56.8 Å². The Morgan fingerprint density at radius 2 is 1.40 bits per heavy atom. The van der Waals surface area contributed by atoms with Crippen LogP contribution >= 0.6 is 0 Å². The maximum atomic E-state index is 6.04. The molecule has 0 radical (unpaired) electrons. The minimum atomic E-state index is -0.123. The second-order valence-corrected chi connectivity index (χ2v) is 11.0. The Morgan fingerprint density at radius 3 is 2.02 bits per heavy atom. The van der Waals surface area contributed by atoms with Gasteiger partial charge in [0.2, 0.25) is 0 Å². The van der Waals surface area contributed by atoms with Crippen molar-refractivity contribution in [2.75, 3.05) is 32.8 Å². The molecule has 0 saturated carbocycles.